The van der Waals surface area contributed by atoms with Crippen LogP contribution in [0.3, 0.4) is 0 Å². The molecule has 2 atom stereocenters. The second-order valence-corrected chi connectivity index (χ2v) is 8.69. The van der Waals surface area contributed by atoms with Crippen LogP contribution in [0.15, 0.2) is 66.7 Å². The molecule has 0 aliphatic rings. The Bertz CT molecular complexity index is 1290. The van der Waals surface area contributed by atoms with Crippen LogP contribution >= 0.6 is 0 Å². The molecule has 0 bridgehead atoms. The number of nitrogens with one attached hydrogen (secondary N) is 4. The Morgan fingerprint density at radius 3 is 2.22 bits per heavy atom. The monoisotopic (exact) mass is 504 g/mol. The highest BCUT2D eigenvalue weighted by molar-refractivity contribution is 6.26. The van der Waals surface area contributed by atoms with Gasteiger partial charge in [-0.15, -0.1) is 0 Å². The zero-order valence-electron chi connectivity index (χ0n) is 20.4. The van der Waals surface area contributed by atoms with Crippen LogP contribution in [0, 0.1) is 11.2 Å². The summed E-state index contributed by atoms with van der Waals surface area (Å²) < 4.78 is 13.2. The van der Waals surface area contributed by atoms with Crippen LogP contribution in [0.5, 0.6) is 0 Å². The predicted molar refractivity (Wildman–Crippen MR) is 138 cm³/mol. The molecule has 3 amide bonds. The Morgan fingerprint density at radius 1 is 0.865 bits per heavy atom. The molecule has 3 aromatic carbocycles. The lowest BCUT2D eigenvalue weighted by molar-refractivity contribution is -0.132. The van der Waals surface area contributed by atoms with Gasteiger partial charge in [-0.05, 0) is 40.5 Å². The third-order valence-corrected chi connectivity index (χ3v) is 5.80. The molecule has 0 heterocycles. The van der Waals surface area contributed by atoms with Gasteiger partial charge in [-0.25, -0.2) is 4.39 Å². The number of fused-ring (bicyclic) bond motifs is 1. The first-order valence-corrected chi connectivity index (χ1v) is 11.9. The smallest absolute Gasteiger partial charge is 0.243 e. The van der Waals surface area contributed by atoms with E-state index in [-0.39, 0.29) is 25.8 Å². The van der Waals surface area contributed by atoms with Gasteiger partial charge in [0.15, 0.2) is 5.78 Å². The molecule has 9 heteroatoms. The zero-order valence-corrected chi connectivity index (χ0v) is 20.4. The van der Waals surface area contributed by atoms with Crippen molar-refractivity contribution in [3.63, 3.8) is 0 Å². The van der Waals surface area contributed by atoms with Crippen molar-refractivity contribution in [2.75, 3.05) is 0 Å². The third kappa shape index (κ3) is 8.34. The van der Waals surface area contributed by atoms with Crippen LogP contribution in [-0.4, -0.2) is 41.8 Å². The summed E-state index contributed by atoms with van der Waals surface area (Å²) in [5.74, 6) is -2.41. The van der Waals surface area contributed by atoms with E-state index in [1.807, 2.05) is 42.5 Å². The molecule has 0 fully saturated rings. The average Bonchev–Trinajstić information content (AvgIpc) is 2.89. The van der Waals surface area contributed by atoms with E-state index in [0.29, 0.717) is 11.8 Å². The molecular formula is C28H29FN4O4. The minimum absolute atomic E-state index is 0.0298. The number of hydrogen-bond acceptors (Lipinski definition) is 5. The molecule has 192 valence electrons. The van der Waals surface area contributed by atoms with Gasteiger partial charge in [0.05, 0.1) is 6.21 Å². The Balaban J connectivity index is 1.73. The molecule has 0 aliphatic carbocycles. The lowest BCUT2D eigenvalue weighted by Gasteiger charge is -2.23. The van der Waals surface area contributed by atoms with Crippen LogP contribution in [0.4, 0.5) is 4.39 Å². The highest BCUT2D eigenvalue weighted by Gasteiger charge is 2.27. The highest BCUT2D eigenvalue weighted by Crippen LogP contribution is 2.17. The van der Waals surface area contributed by atoms with Gasteiger partial charge < -0.3 is 21.4 Å². The Kier molecular flexibility index (Phi) is 9.60. The molecule has 0 aromatic heterocycles. The third-order valence-electron chi connectivity index (χ3n) is 5.80. The number of Topliss-reactive ketones (excluding diaryl/α,β-unsaturated/α-hetero) is 1. The minimum Gasteiger partial charge on any atom is -0.350 e. The van der Waals surface area contributed by atoms with Crippen LogP contribution in [0.1, 0.15) is 30.9 Å². The van der Waals surface area contributed by atoms with E-state index in [4.69, 9.17) is 5.41 Å². The molecular weight excluding hydrogens is 475 g/mol. The second-order valence-electron chi connectivity index (χ2n) is 8.69. The predicted octanol–water partition coefficient (Wildman–Crippen LogP) is 2.83. The summed E-state index contributed by atoms with van der Waals surface area (Å²) in [6.45, 7) is 1.40. The van der Waals surface area contributed by atoms with Gasteiger partial charge >= 0.3 is 0 Å². The summed E-state index contributed by atoms with van der Waals surface area (Å²) >= 11 is 0. The summed E-state index contributed by atoms with van der Waals surface area (Å²) in [5.41, 5.74) is 1.48. The van der Waals surface area contributed by atoms with Gasteiger partial charge in [-0.1, -0.05) is 54.6 Å². The Morgan fingerprint density at radius 2 is 1.54 bits per heavy atom. The van der Waals surface area contributed by atoms with Crippen LogP contribution in [0.2, 0.25) is 0 Å². The minimum atomic E-state index is -1.08. The summed E-state index contributed by atoms with van der Waals surface area (Å²) in [4.78, 5) is 49.7. The molecule has 4 N–H and O–H groups in total. The first kappa shape index (κ1) is 27.2. The first-order chi connectivity index (χ1) is 17.7. The van der Waals surface area contributed by atoms with Gasteiger partial charge in [0.1, 0.15) is 17.9 Å². The van der Waals surface area contributed by atoms with Crippen LogP contribution in [-0.2, 0) is 32.1 Å². The molecule has 3 rings (SSSR count). The maximum Gasteiger partial charge on any atom is 0.243 e. The number of amides is 3. The maximum absolute atomic E-state index is 13.2. The first-order valence-electron chi connectivity index (χ1n) is 11.9. The quantitative estimate of drug-likeness (QED) is 0.283. The summed E-state index contributed by atoms with van der Waals surface area (Å²) in [5, 5.41) is 17.1. The number of ketones is 1. The number of carbonyl (C=O) groups is 4. The number of rotatable bonds is 12. The normalized spacial score (nSPS) is 12.3. The Hall–Kier alpha value is -4.40. The Labute approximate surface area is 214 Å². The van der Waals surface area contributed by atoms with Gasteiger partial charge in [-0.3, -0.25) is 19.2 Å². The van der Waals surface area contributed by atoms with Gasteiger partial charge in [-0.2, -0.15) is 0 Å². The van der Waals surface area contributed by atoms with Crippen molar-refractivity contribution in [2.45, 2.75) is 44.8 Å². The van der Waals surface area contributed by atoms with E-state index < -0.39 is 41.4 Å². The number of benzene rings is 3. The molecule has 0 radical (unpaired) electrons. The van der Waals surface area contributed by atoms with E-state index in [1.165, 1.54) is 31.2 Å². The summed E-state index contributed by atoms with van der Waals surface area (Å²) in [7, 11) is 0. The van der Waals surface area contributed by atoms with Crippen LogP contribution in [0.25, 0.3) is 10.8 Å². The van der Waals surface area contributed by atoms with E-state index in [9.17, 15) is 23.6 Å². The summed E-state index contributed by atoms with van der Waals surface area (Å²) in [6, 6.07) is 17.1. The lowest BCUT2D eigenvalue weighted by Crippen LogP contribution is -2.54. The number of hydrogen-bond donors (Lipinski definition) is 4. The SMILES string of the molecule is CC(=O)N[C@@H](Cc1ccc2ccccc2c1)C(=O)N[C@@H](CCC(=O)C=N)C(=O)NCc1ccc(F)cc1. The van der Waals surface area contributed by atoms with Crippen molar-refractivity contribution in [3.05, 3.63) is 83.7 Å². The van der Waals surface area contributed by atoms with E-state index >= 15 is 0 Å². The fourth-order valence-electron chi connectivity index (χ4n) is 3.87. The molecule has 0 saturated carbocycles. The van der Waals surface area contributed by atoms with Crippen molar-refractivity contribution in [2.24, 2.45) is 0 Å². The van der Waals surface area contributed by atoms with Gasteiger partial charge in [0, 0.05) is 26.3 Å². The number of halogens is 1. The van der Waals surface area contributed by atoms with Gasteiger partial charge in [0.25, 0.3) is 0 Å². The topological polar surface area (TPSA) is 128 Å². The fourth-order valence-corrected chi connectivity index (χ4v) is 3.87. The van der Waals surface area contributed by atoms with Gasteiger partial charge in [0.2, 0.25) is 17.7 Å². The van der Waals surface area contributed by atoms with Crippen molar-refractivity contribution in [1.29, 1.82) is 5.41 Å². The van der Waals surface area contributed by atoms with Crippen molar-refractivity contribution in [3.8, 4) is 0 Å². The van der Waals surface area contributed by atoms with E-state index in [1.54, 1.807) is 0 Å². The molecule has 0 spiro atoms. The number of carbonyl (C=O) groups excluding carboxylic acids is 4. The standard InChI is InChI=1S/C28H29FN4O4/c1-18(34)32-26(15-20-6-9-21-4-2-3-5-22(21)14-20)28(37)33-25(13-12-24(35)16-30)27(36)31-17-19-7-10-23(29)11-8-19/h2-11,14,16,25-26,30H,12-13,15,17H2,1H3,(H,31,36)(H,32,34)(H,33,37)/t25-,26-/m0/s1. The van der Waals surface area contributed by atoms with Crippen LogP contribution < -0.4 is 16.0 Å². The van der Waals surface area contributed by atoms with Crippen molar-refractivity contribution in [1.82, 2.24) is 16.0 Å². The molecule has 0 saturated heterocycles. The zero-order chi connectivity index (χ0) is 26.8. The average molecular weight is 505 g/mol. The lowest BCUT2D eigenvalue weighted by atomic mass is 10.0. The molecule has 37 heavy (non-hydrogen) atoms. The molecule has 3 aromatic rings. The van der Waals surface area contributed by atoms with Crippen molar-refractivity contribution < 1.29 is 23.6 Å². The van der Waals surface area contributed by atoms with Crippen molar-refractivity contribution >= 4 is 40.5 Å². The molecule has 0 aliphatic heterocycles. The van der Waals surface area contributed by atoms with E-state index in [2.05, 4.69) is 16.0 Å². The maximum atomic E-state index is 13.2. The molecule has 8 nitrogen and oxygen atoms in total. The molecule has 0 unspecified atom stereocenters. The second kappa shape index (κ2) is 13.1. The fraction of sp³-hybridized carbons (Fsp3) is 0.250. The summed E-state index contributed by atoms with van der Waals surface area (Å²) in [6.07, 6.45) is 0.709. The largest absolute Gasteiger partial charge is 0.350 e. The van der Waals surface area contributed by atoms with E-state index in [0.717, 1.165) is 16.3 Å². The highest BCUT2D eigenvalue weighted by atomic mass is 19.1.